The van der Waals surface area contributed by atoms with Gasteiger partial charge in [0.15, 0.2) is 0 Å². The largest absolute Gasteiger partial charge is 0.361 e. The van der Waals surface area contributed by atoms with E-state index < -0.39 is 5.38 Å². The molecule has 2 atom stereocenters. The second-order valence-electron chi connectivity index (χ2n) is 4.74. The first-order valence-electron chi connectivity index (χ1n) is 6.43. The number of aromatic nitrogens is 1. The summed E-state index contributed by atoms with van der Waals surface area (Å²) in [7, 11) is 0. The second-order valence-corrected chi connectivity index (χ2v) is 5.18. The van der Waals surface area contributed by atoms with Gasteiger partial charge in [0, 0.05) is 5.56 Å². The normalized spacial score (nSPS) is 13.8. The number of carbonyl (C=O) groups excluding carboxylic acids is 1. The molecule has 1 aromatic heterocycles. The van der Waals surface area contributed by atoms with E-state index in [-0.39, 0.29) is 11.9 Å². The molecule has 0 spiro atoms. The van der Waals surface area contributed by atoms with Crippen molar-refractivity contribution in [3.8, 4) is 0 Å². The van der Waals surface area contributed by atoms with Gasteiger partial charge in [-0.15, -0.1) is 11.6 Å². The molecule has 2 unspecified atom stereocenters. The molecular formula is C15H17ClN2O2. The van der Waals surface area contributed by atoms with Crippen LogP contribution in [0.5, 0.6) is 0 Å². The molecule has 20 heavy (non-hydrogen) atoms. The van der Waals surface area contributed by atoms with Gasteiger partial charge in [0.05, 0.1) is 11.7 Å². The minimum atomic E-state index is -0.709. The number of carbonyl (C=O) groups is 1. The molecule has 2 rings (SSSR count). The molecule has 1 aromatic carbocycles. The van der Waals surface area contributed by atoms with Crippen LogP contribution in [-0.2, 0) is 4.79 Å². The van der Waals surface area contributed by atoms with Crippen molar-refractivity contribution in [2.45, 2.75) is 32.2 Å². The lowest BCUT2D eigenvalue weighted by atomic mass is 10.1. The van der Waals surface area contributed by atoms with E-state index in [0.29, 0.717) is 5.76 Å². The molecule has 2 aromatic rings. The van der Waals surface area contributed by atoms with Crippen LogP contribution < -0.4 is 5.32 Å². The Morgan fingerprint density at radius 3 is 2.50 bits per heavy atom. The van der Waals surface area contributed by atoms with E-state index in [4.69, 9.17) is 16.1 Å². The predicted molar refractivity (Wildman–Crippen MR) is 77.6 cm³/mol. The predicted octanol–water partition coefficient (Wildman–Crippen LogP) is 3.45. The summed E-state index contributed by atoms with van der Waals surface area (Å²) in [4.78, 5) is 12.2. The minimum Gasteiger partial charge on any atom is -0.361 e. The van der Waals surface area contributed by atoms with Crippen molar-refractivity contribution in [3.05, 3.63) is 52.9 Å². The van der Waals surface area contributed by atoms with E-state index in [9.17, 15) is 4.79 Å². The van der Waals surface area contributed by atoms with Crippen molar-refractivity contribution in [2.24, 2.45) is 0 Å². The Morgan fingerprint density at radius 2 is 1.95 bits per heavy atom. The third-order valence-corrected chi connectivity index (χ3v) is 3.65. The van der Waals surface area contributed by atoms with Gasteiger partial charge < -0.3 is 9.84 Å². The van der Waals surface area contributed by atoms with Gasteiger partial charge >= 0.3 is 0 Å². The zero-order valence-corrected chi connectivity index (χ0v) is 12.4. The first-order chi connectivity index (χ1) is 9.50. The lowest BCUT2D eigenvalue weighted by molar-refractivity contribution is -0.121. The fourth-order valence-corrected chi connectivity index (χ4v) is 2.45. The smallest absolute Gasteiger partial charge is 0.243 e. The van der Waals surface area contributed by atoms with Crippen molar-refractivity contribution in [2.75, 3.05) is 0 Å². The fraction of sp³-hybridized carbons (Fsp3) is 0.333. The van der Waals surface area contributed by atoms with Gasteiger partial charge in [0.2, 0.25) is 5.91 Å². The lowest BCUT2D eigenvalue weighted by Crippen LogP contribution is -2.30. The second kappa shape index (κ2) is 6.09. The summed E-state index contributed by atoms with van der Waals surface area (Å²) in [5.74, 6) is 0.478. The third-order valence-electron chi connectivity index (χ3n) is 3.20. The molecule has 0 aliphatic rings. The standard InChI is InChI=1S/C15H17ClN2O2/c1-9(13-10(2)18-20-11(13)3)17-15(19)14(16)12-7-5-4-6-8-12/h4-9,14H,1-3H3,(H,17,19). The summed E-state index contributed by atoms with van der Waals surface area (Å²) in [5, 5.41) is 6.07. The zero-order valence-electron chi connectivity index (χ0n) is 11.7. The van der Waals surface area contributed by atoms with Crippen molar-refractivity contribution in [1.82, 2.24) is 10.5 Å². The Balaban J connectivity index is 2.08. The highest BCUT2D eigenvalue weighted by Gasteiger charge is 2.23. The molecule has 1 amide bonds. The van der Waals surface area contributed by atoms with Gasteiger partial charge in [-0.05, 0) is 26.3 Å². The lowest BCUT2D eigenvalue weighted by Gasteiger charge is -2.16. The van der Waals surface area contributed by atoms with Crippen LogP contribution in [0, 0.1) is 13.8 Å². The monoisotopic (exact) mass is 292 g/mol. The average molecular weight is 293 g/mol. The average Bonchev–Trinajstić information content (AvgIpc) is 2.78. The first-order valence-corrected chi connectivity index (χ1v) is 6.86. The highest BCUT2D eigenvalue weighted by atomic mass is 35.5. The maximum absolute atomic E-state index is 12.2. The number of halogens is 1. The van der Waals surface area contributed by atoms with Crippen molar-refractivity contribution < 1.29 is 9.32 Å². The summed E-state index contributed by atoms with van der Waals surface area (Å²) in [6.07, 6.45) is 0. The Labute approximate surface area is 123 Å². The molecular weight excluding hydrogens is 276 g/mol. The van der Waals surface area contributed by atoms with Crippen LogP contribution in [-0.4, -0.2) is 11.1 Å². The molecule has 0 bridgehead atoms. The number of benzene rings is 1. The first kappa shape index (κ1) is 14.6. The van der Waals surface area contributed by atoms with E-state index >= 15 is 0 Å². The Bertz CT molecular complexity index is 576. The number of alkyl halides is 1. The SMILES string of the molecule is Cc1noc(C)c1C(C)NC(=O)C(Cl)c1ccccc1. The molecule has 1 heterocycles. The van der Waals surface area contributed by atoms with Crippen LogP contribution in [0.2, 0.25) is 0 Å². The molecule has 0 fully saturated rings. The third kappa shape index (κ3) is 3.02. The summed E-state index contributed by atoms with van der Waals surface area (Å²) in [6.45, 7) is 5.57. The van der Waals surface area contributed by atoms with Crippen molar-refractivity contribution in [1.29, 1.82) is 0 Å². The van der Waals surface area contributed by atoms with Crippen LogP contribution in [0.1, 0.15) is 40.9 Å². The summed E-state index contributed by atoms with van der Waals surface area (Å²) in [6, 6.07) is 9.07. The van der Waals surface area contributed by atoms with Crippen LogP contribution >= 0.6 is 11.6 Å². The number of amides is 1. The number of nitrogens with one attached hydrogen (secondary N) is 1. The van der Waals surface area contributed by atoms with E-state index in [1.165, 1.54) is 0 Å². The van der Waals surface area contributed by atoms with Crippen LogP contribution in [0.15, 0.2) is 34.9 Å². The number of aryl methyl sites for hydroxylation is 2. The van der Waals surface area contributed by atoms with Gasteiger partial charge in [0.1, 0.15) is 11.1 Å². The molecule has 0 radical (unpaired) electrons. The molecule has 4 nitrogen and oxygen atoms in total. The van der Waals surface area contributed by atoms with E-state index in [0.717, 1.165) is 16.8 Å². The molecule has 0 aliphatic carbocycles. The molecule has 106 valence electrons. The maximum atomic E-state index is 12.2. The fourth-order valence-electron chi connectivity index (χ4n) is 2.24. The van der Waals surface area contributed by atoms with Gasteiger partial charge in [-0.3, -0.25) is 4.79 Å². The Hall–Kier alpha value is -1.81. The molecule has 1 N–H and O–H groups in total. The number of hydrogen-bond acceptors (Lipinski definition) is 3. The van der Waals surface area contributed by atoms with E-state index in [1.807, 2.05) is 51.1 Å². The molecule has 5 heteroatoms. The van der Waals surface area contributed by atoms with Gasteiger partial charge in [0.25, 0.3) is 0 Å². The van der Waals surface area contributed by atoms with Crippen LogP contribution in [0.4, 0.5) is 0 Å². The highest BCUT2D eigenvalue weighted by Crippen LogP contribution is 2.24. The van der Waals surface area contributed by atoms with Gasteiger partial charge in [-0.25, -0.2) is 0 Å². The van der Waals surface area contributed by atoms with E-state index in [2.05, 4.69) is 10.5 Å². The topological polar surface area (TPSA) is 55.1 Å². The maximum Gasteiger partial charge on any atom is 0.243 e. The highest BCUT2D eigenvalue weighted by molar-refractivity contribution is 6.30. The zero-order chi connectivity index (χ0) is 14.7. The number of rotatable bonds is 4. The molecule has 0 saturated heterocycles. The number of hydrogen-bond donors (Lipinski definition) is 1. The molecule has 0 aliphatic heterocycles. The van der Waals surface area contributed by atoms with E-state index in [1.54, 1.807) is 0 Å². The molecule has 0 saturated carbocycles. The van der Waals surface area contributed by atoms with Crippen molar-refractivity contribution in [3.63, 3.8) is 0 Å². The van der Waals surface area contributed by atoms with Gasteiger partial charge in [-0.2, -0.15) is 0 Å². The summed E-state index contributed by atoms with van der Waals surface area (Å²) >= 11 is 6.19. The minimum absolute atomic E-state index is 0.196. The summed E-state index contributed by atoms with van der Waals surface area (Å²) < 4.78 is 5.11. The van der Waals surface area contributed by atoms with Gasteiger partial charge in [-0.1, -0.05) is 35.5 Å². The Morgan fingerprint density at radius 1 is 1.30 bits per heavy atom. The van der Waals surface area contributed by atoms with Crippen LogP contribution in [0.25, 0.3) is 0 Å². The van der Waals surface area contributed by atoms with Crippen molar-refractivity contribution >= 4 is 17.5 Å². The summed E-state index contributed by atoms with van der Waals surface area (Å²) in [5.41, 5.74) is 2.45. The Kier molecular flexibility index (Phi) is 4.45. The number of nitrogens with zero attached hydrogens (tertiary/aromatic N) is 1. The quantitative estimate of drug-likeness (QED) is 0.878. The van der Waals surface area contributed by atoms with Crippen LogP contribution in [0.3, 0.4) is 0 Å².